The fourth-order valence-corrected chi connectivity index (χ4v) is 2.40. The van der Waals surface area contributed by atoms with Gasteiger partial charge in [0.2, 0.25) is 0 Å². The van der Waals surface area contributed by atoms with E-state index in [4.69, 9.17) is 27.0 Å². The molecule has 1 aromatic rings. The molecule has 1 amide bonds. The Kier molecular flexibility index (Phi) is 6.31. The largest absolute Gasteiger partial charge is 0.496 e. The zero-order valence-corrected chi connectivity index (χ0v) is 13.5. The normalized spacial score (nSPS) is 14.3. The number of halogens is 1. The van der Waals surface area contributed by atoms with Crippen LogP contribution < -0.4 is 15.8 Å². The van der Waals surface area contributed by atoms with Crippen molar-refractivity contribution in [3.05, 3.63) is 53.0 Å². The second-order valence-electron chi connectivity index (χ2n) is 4.98. The zero-order valence-electron chi connectivity index (χ0n) is 12.8. The second-order valence-corrected chi connectivity index (χ2v) is 5.42. The Bertz CT molecular complexity index is 616. The highest BCUT2D eigenvalue weighted by Gasteiger charge is 2.18. The summed E-state index contributed by atoms with van der Waals surface area (Å²) < 4.78 is 5.21. The van der Waals surface area contributed by atoms with Gasteiger partial charge in [-0.25, -0.2) is 0 Å². The highest BCUT2D eigenvalue weighted by atomic mass is 35.5. The molecule has 3 N–H and O–H groups in total. The molecule has 1 atom stereocenters. The van der Waals surface area contributed by atoms with Crippen LogP contribution in [0.3, 0.4) is 0 Å². The number of benzene rings is 1. The van der Waals surface area contributed by atoms with Crippen molar-refractivity contribution in [2.24, 2.45) is 5.73 Å². The van der Waals surface area contributed by atoms with E-state index in [9.17, 15) is 4.79 Å². The summed E-state index contributed by atoms with van der Waals surface area (Å²) in [5, 5.41) is 3.42. The maximum Gasteiger partial charge on any atom is 0.255 e. The molecule has 0 saturated heterocycles. The number of allylic oxidation sites excluding steroid dienone is 1. The van der Waals surface area contributed by atoms with Gasteiger partial charge >= 0.3 is 0 Å². The first-order chi connectivity index (χ1) is 11.1. The van der Waals surface area contributed by atoms with E-state index in [1.807, 2.05) is 0 Å². The quantitative estimate of drug-likeness (QED) is 0.746. The van der Waals surface area contributed by atoms with Crippen LogP contribution in [0.1, 0.15) is 23.2 Å². The van der Waals surface area contributed by atoms with E-state index >= 15 is 0 Å². The third-order valence-corrected chi connectivity index (χ3v) is 3.57. The van der Waals surface area contributed by atoms with Crippen molar-refractivity contribution >= 4 is 17.5 Å². The van der Waals surface area contributed by atoms with E-state index in [1.165, 1.54) is 19.6 Å². The molecular formula is C16H19ClN2O4. The van der Waals surface area contributed by atoms with Crippen LogP contribution in [0.25, 0.3) is 0 Å². The number of methoxy groups -OCH3 is 1. The van der Waals surface area contributed by atoms with Gasteiger partial charge in [-0.2, -0.15) is 0 Å². The first kappa shape index (κ1) is 17.2. The van der Waals surface area contributed by atoms with Gasteiger partial charge in [0.05, 0.1) is 12.7 Å². The highest BCUT2D eigenvalue weighted by molar-refractivity contribution is 6.31. The SMILES string of the molecule is COc1ccc(Cl)cc1C(=O)NC(CCN)CC1=COOC=C1. The van der Waals surface area contributed by atoms with Crippen molar-refractivity contribution < 1.29 is 19.3 Å². The summed E-state index contributed by atoms with van der Waals surface area (Å²) in [6.45, 7) is 0.450. The average molecular weight is 339 g/mol. The molecule has 0 spiro atoms. The Morgan fingerprint density at radius 1 is 1.43 bits per heavy atom. The Morgan fingerprint density at radius 2 is 2.26 bits per heavy atom. The Hall–Kier alpha value is -2.18. The van der Waals surface area contributed by atoms with Crippen LogP contribution in [0.4, 0.5) is 0 Å². The minimum absolute atomic E-state index is 0.145. The summed E-state index contributed by atoms with van der Waals surface area (Å²) in [7, 11) is 1.51. The monoisotopic (exact) mass is 338 g/mol. The molecule has 1 aliphatic heterocycles. The molecule has 0 saturated carbocycles. The topological polar surface area (TPSA) is 82.8 Å². The fourth-order valence-electron chi connectivity index (χ4n) is 2.22. The summed E-state index contributed by atoms with van der Waals surface area (Å²) in [4.78, 5) is 21.9. The molecule has 1 aromatic carbocycles. The Balaban J connectivity index is 2.09. The van der Waals surface area contributed by atoms with Crippen molar-refractivity contribution in [3.63, 3.8) is 0 Å². The molecule has 0 bridgehead atoms. The van der Waals surface area contributed by atoms with Crippen molar-refractivity contribution in [2.75, 3.05) is 13.7 Å². The lowest BCUT2D eigenvalue weighted by atomic mass is 10.0. The lowest BCUT2D eigenvalue weighted by molar-refractivity contribution is -0.199. The lowest BCUT2D eigenvalue weighted by Crippen LogP contribution is -2.37. The number of carbonyl (C=O) groups excluding carboxylic acids is 1. The van der Waals surface area contributed by atoms with Crippen LogP contribution in [0.15, 0.2) is 42.4 Å². The molecule has 0 fully saturated rings. The molecule has 124 valence electrons. The summed E-state index contributed by atoms with van der Waals surface area (Å²) in [6.07, 6.45) is 5.91. The van der Waals surface area contributed by atoms with E-state index in [-0.39, 0.29) is 11.9 Å². The van der Waals surface area contributed by atoms with Crippen LogP contribution in [0.5, 0.6) is 5.75 Å². The van der Waals surface area contributed by atoms with E-state index in [0.717, 1.165) is 5.57 Å². The first-order valence-electron chi connectivity index (χ1n) is 7.16. The van der Waals surface area contributed by atoms with Gasteiger partial charge in [0.25, 0.3) is 5.91 Å². The third-order valence-electron chi connectivity index (χ3n) is 3.33. The molecule has 6 nitrogen and oxygen atoms in total. The molecule has 0 aromatic heterocycles. The smallest absolute Gasteiger partial charge is 0.255 e. The van der Waals surface area contributed by atoms with Gasteiger partial charge < -0.3 is 15.8 Å². The molecule has 0 aliphatic carbocycles. The predicted octanol–water partition coefficient (Wildman–Crippen LogP) is 2.55. The van der Waals surface area contributed by atoms with Gasteiger partial charge in [-0.15, -0.1) is 0 Å². The second kappa shape index (κ2) is 8.45. The minimum Gasteiger partial charge on any atom is -0.496 e. The zero-order chi connectivity index (χ0) is 16.7. The van der Waals surface area contributed by atoms with Crippen molar-refractivity contribution in [1.82, 2.24) is 5.32 Å². The summed E-state index contributed by atoms with van der Waals surface area (Å²) in [5.41, 5.74) is 6.92. The van der Waals surface area contributed by atoms with Crippen LogP contribution in [0, 0.1) is 0 Å². The number of ether oxygens (including phenoxy) is 1. The number of nitrogens with one attached hydrogen (secondary N) is 1. The third kappa shape index (κ3) is 4.91. The molecule has 0 radical (unpaired) electrons. The molecule has 1 unspecified atom stereocenters. The Labute approximate surface area is 139 Å². The van der Waals surface area contributed by atoms with Gasteiger partial charge in [0.1, 0.15) is 18.3 Å². The fraction of sp³-hybridized carbons (Fsp3) is 0.312. The van der Waals surface area contributed by atoms with Crippen molar-refractivity contribution in [2.45, 2.75) is 18.9 Å². The number of amides is 1. The molecule has 1 heterocycles. The number of hydrogen-bond donors (Lipinski definition) is 2. The van der Waals surface area contributed by atoms with Crippen LogP contribution in [-0.2, 0) is 9.78 Å². The molecule has 23 heavy (non-hydrogen) atoms. The Morgan fingerprint density at radius 3 is 2.91 bits per heavy atom. The molecular weight excluding hydrogens is 320 g/mol. The van der Waals surface area contributed by atoms with E-state index < -0.39 is 0 Å². The van der Waals surface area contributed by atoms with E-state index in [1.54, 1.807) is 24.3 Å². The maximum atomic E-state index is 12.5. The van der Waals surface area contributed by atoms with Gasteiger partial charge in [-0.05, 0) is 49.2 Å². The van der Waals surface area contributed by atoms with Crippen LogP contribution >= 0.6 is 11.6 Å². The van der Waals surface area contributed by atoms with Crippen LogP contribution in [-0.4, -0.2) is 25.6 Å². The summed E-state index contributed by atoms with van der Waals surface area (Å²) in [5.74, 6) is 0.201. The van der Waals surface area contributed by atoms with Gasteiger partial charge in [-0.1, -0.05) is 11.6 Å². The van der Waals surface area contributed by atoms with Gasteiger partial charge in [0, 0.05) is 11.1 Å². The van der Waals surface area contributed by atoms with Crippen molar-refractivity contribution in [3.8, 4) is 5.75 Å². The van der Waals surface area contributed by atoms with Gasteiger partial charge in [-0.3, -0.25) is 14.6 Å². The molecule has 2 rings (SSSR count). The summed E-state index contributed by atoms with van der Waals surface area (Å²) in [6, 6.07) is 4.76. The minimum atomic E-state index is -0.264. The first-order valence-corrected chi connectivity index (χ1v) is 7.54. The highest BCUT2D eigenvalue weighted by Crippen LogP contribution is 2.23. The average Bonchev–Trinajstić information content (AvgIpc) is 2.56. The van der Waals surface area contributed by atoms with Gasteiger partial charge in [0.15, 0.2) is 0 Å². The predicted molar refractivity (Wildman–Crippen MR) is 86.9 cm³/mol. The van der Waals surface area contributed by atoms with Crippen molar-refractivity contribution in [1.29, 1.82) is 0 Å². The van der Waals surface area contributed by atoms with E-state index in [2.05, 4.69) is 10.2 Å². The lowest BCUT2D eigenvalue weighted by Gasteiger charge is -2.20. The molecule has 1 aliphatic rings. The summed E-state index contributed by atoms with van der Waals surface area (Å²) >= 11 is 5.97. The maximum absolute atomic E-state index is 12.5. The standard InChI is InChI=1S/C16H19ClN2O4/c1-21-15-3-2-12(17)9-14(15)16(20)19-13(4-6-18)8-11-5-7-22-23-10-11/h2-3,5,7,9-10,13H,4,6,8,18H2,1H3,(H,19,20). The van der Waals surface area contributed by atoms with Crippen LogP contribution in [0.2, 0.25) is 5.02 Å². The number of rotatable bonds is 7. The number of hydrogen-bond acceptors (Lipinski definition) is 5. The molecule has 7 heteroatoms. The number of carbonyl (C=O) groups is 1. The number of nitrogens with two attached hydrogens (primary N) is 1. The van der Waals surface area contributed by atoms with E-state index in [0.29, 0.717) is 35.7 Å².